The number of nitrogens with one attached hydrogen (secondary N) is 2. The van der Waals surface area contributed by atoms with Crippen molar-refractivity contribution < 1.29 is 4.39 Å². The summed E-state index contributed by atoms with van der Waals surface area (Å²) in [5, 5.41) is 3.40. The van der Waals surface area contributed by atoms with E-state index in [1.54, 1.807) is 24.4 Å². The molecule has 190 valence electrons. The van der Waals surface area contributed by atoms with Gasteiger partial charge in [-0.25, -0.2) is 4.39 Å². The van der Waals surface area contributed by atoms with Crippen LogP contribution in [0.1, 0.15) is 50.2 Å². The highest BCUT2D eigenvalue weighted by Gasteiger charge is 2.40. The van der Waals surface area contributed by atoms with E-state index in [1.165, 1.54) is 31.1 Å². The summed E-state index contributed by atoms with van der Waals surface area (Å²) in [5.74, 6) is 4.97. The summed E-state index contributed by atoms with van der Waals surface area (Å²) in [6.45, 7) is 11.7. The quantitative estimate of drug-likeness (QED) is 0.253. The van der Waals surface area contributed by atoms with Crippen molar-refractivity contribution in [1.29, 1.82) is 0 Å². The molecule has 2 aromatic rings. The van der Waals surface area contributed by atoms with E-state index in [-0.39, 0.29) is 11.2 Å². The molecule has 0 bridgehead atoms. The number of allylic oxidation sites excluding steroid dienone is 1. The highest BCUT2D eigenvalue weighted by Crippen LogP contribution is 2.48. The van der Waals surface area contributed by atoms with Crippen LogP contribution in [0.5, 0.6) is 0 Å². The fraction of sp³-hybridized carbons (Fsp3) is 0.393. The van der Waals surface area contributed by atoms with Crippen LogP contribution in [-0.2, 0) is 12.0 Å². The van der Waals surface area contributed by atoms with Crippen LogP contribution in [0.15, 0.2) is 85.6 Å². The van der Waals surface area contributed by atoms with Crippen LogP contribution in [-0.4, -0.2) is 29.5 Å². The van der Waals surface area contributed by atoms with Gasteiger partial charge in [-0.2, -0.15) is 0 Å². The highest BCUT2D eigenvalue weighted by molar-refractivity contribution is 5.31. The van der Waals surface area contributed by atoms with Crippen molar-refractivity contribution in [1.82, 2.24) is 20.6 Å². The fourth-order valence-electron chi connectivity index (χ4n) is 3.92. The van der Waals surface area contributed by atoms with Crippen molar-refractivity contribution in [3.05, 3.63) is 103 Å². The summed E-state index contributed by atoms with van der Waals surface area (Å²) in [7, 11) is 2.16. The Morgan fingerprint density at radius 2 is 2.03 bits per heavy atom. The maximum absolute atomic E-state index is 13.1. The Labute approximate surface area is 210 Å². The molecule has 6 nitrogen and oxygen atoms in total. The monoisotopic (exact) mass is 480 g/mol. The van der Waals surface area contributed by atoms with Crippen LogP contribution in [0.25, 0.3) is 0 Å². The van der Waals surface area contributed by atoms with E-state index in [0.717, 1.165) is 36.3 Å². The maximum Gasteiger partial charge on any atom is 0.126 e. The molecule has 2 fully saturated rings. The van der Waals surface area contributed by atoms with E-state index < -0.39 is 0 Å². The van der Waals surface area contributed by atoms with Crippen molar-refractivity contribution in [2.24, 2.45) is 11.6 Å². The highest BCUT2D eigenvalue weighted by atomic mass is 19.1. The first-order valence-corrected chi connectivity index (χ1v) is 12.1. The van der Waals surface area contributed by atoms with E-state index in [2.05, 4.69) is 53.8 Å². The summed E-state index contributed by atoms with van der Waals surface area (Å²) in [5.41, 5.74) is 11.7. The van der Waals surface area contributed by atoms with Gasteiger partial charge in [-0.3, -0.25) is 15.7 Å². The zero-order valence-corrected chi connectivity index (χ0v) is 21.1. The third-order valence-corrected chi connectivity index (χ3v) is 6.44. The number of likely N-dealkylation sites (N-methyl/N-ethyl adjacent to an activating group) is 1. The number of pyridine rings is 1. The van der Waals surface area contributed by atoms with Gasteiger partial charge < -0.3 is 16.5 Å². The smallest absolute Gasteiger partial charge is 0.126 e. The zero-order valence-electron chi connectivity index (χ0n) is 21.1. The molecule has 1 aromatic carbocycles. The lowest BCUT2D eigenvalue weighted by atomic mass is 9.98. The molecule has 7 heteroatoms. The van der Waals surface area contributed by atoms with Crippen molar-refractivity contribution >= 4 is 0 Å². The third-order valence-electron chi connectivity index (χ3n) is 6.44. The first kappa shape index (κ1) is 28.1. The van der Waals surface area contributed by atoms with Gasteiger partial charge in [0, 0.05) is 49.0 Å². The Kier molecular flexibility index (Phi) is 11.5. The average molecular weight is 481 g/mol. The van der Waals surface area contributed by atoms with E-state index in [4.69, 9.17) is 11.6 Å². The number of hydrogen-bond donors (Lipinski definition) is 4. The molecule has 2 heterocycles. The summed E-state index contributed by atoms with van der Waals surface area (Å²) >= 11 is 0. The van der Waals surface area contributed by atoms with Crippen LogP contribution in [0.3, 0.4) is 0 Å². The van der Waals surface area contributed by atoms with E-state index in [1.807, 2.05) is 24.4 Å². The van der Waals surface area contributed by atoms with Gasteiger partial charge in [-0.1, -0.05) is 43.8 Å². The first-order chi connectivity index (χ1) is 16.8. The second-order valence-corrected chi connectivity index (χ2v) is 9.25. The molecule has 6 N–H and O–H groups in total. The summed E-state index contributed by atoms with van der Waals surface area (Å²) in [6, 6.07) is 11.6. The van der Waals surface area contributed by atoms with E-state index in [0.29, 0.717) is 12.5 Å². The molecule has 0 amide bonds. The van der Waals surface area contributed by atoms with Crippen LogP contribution in [0.4, 0.5) is 4.39 Å². The van der Waals surface area contributed by atoms with Crippen LogP contribution < -0.4 is 22.3 Å². The first-order valence-electron chi connectivity index (χ1n) is 12.1. The van der Waals surface area contributed by atoms with Gasteiger partial charge in [0.1, 0.15) is 5.82 Å². The van der Waals surface area contributed by atoms with Gasteiger partial charge in [0.15, 0.2) is 0 Å². The molecule has 1 unspecified atom stereocenters. The lowest BCUT2D eigenvalue weighted by Crippen LogP contribution is -2.32. The molecule has 1 saturated heterocycles. The van der Waals surface area contributed by atoms with Gasteiger partial charge >= 0.3 is 0 Å². The summed E-state index contributed by atoms with van der Waals surface area (Å²) < 4.78 is 13.1. The second-order valence-electron chi connectivity index (χ2n) is 9.25. The molecule has 2 aliphatic rings. The van der Waals surface area contributed by atoms with Gasteiger partial charge in [-0.15, -0.1) is 6.58 Å². The molecule has 1 atom stereocenters. The molecule has 4 rings (SSSR count). The van der Waals surface area contributed by atoms with Gasteiger partial charge in [0.2, 0.25) is 0 Å². The van der Waals surface area contributed by atoms with Crippen LogP contribution >= 0.6 is 0 Å². The molecule has 0 spiro atoms. The lowest BCUT2D eigenvalue weighted by Gasteiger charge is -2.22. The van der Waals surface area contributed by atoms with E-state index in [9.17, 15) is 4.39 Å². The molecule has 35 heavy (non-hydrogen) atoms. The Balaban J connectivity index is 0.000000198. The normalized spacial score (nSPS) is 18.3. The molecule has 1 aliphatic carbocycles. The van der Waals surface area contributed by atoms with Gasteiger partial charge in [0.25, 0.3) is 0 Å². The molecule has 1 aliphatic heterocycles. The number of likely N-dealkylation sites (tertiary alicyclic amines) is 1. The molecular weight excluding hydrogens is 439 g/mol. The predicted octanol–water partition coefficient (Wildman–Crippen LogP) is 4.48. The molecular formula is C28H41FN6. The number of aromatic nitrogens is 1. The fourth-order valence-corrected chi connectivity index (χ4v) is 3.92. The Morgan fingerprint density at radius 3 is 2.51 bits per heavy atom. The largest absolute Gasteiger partial charge is 0.403 e. The lowest BCUT2D eigenvalue weighted by molar-refractivity contribution is 0.334. The molecule has 1 saturated carbocycles. The minimum atomic E-state index is -0.0486. The topological polar surface area (TPSA) is 92.2 Å². The van der Waals surface area contributed by atoms with E-state index >= 15 is 0 Å². The Hall–Kier alpha value is -3.16. The molecule has 0 radical (unpaired) electrons. The third kappa shape index (κ3) is 9.19. The average Bonchev–Trinajstić information content (AvgIpc) is 3.48. The number of benzene rings is 1. The number of rotatable bonds is 8. The van der Waals surface area contributed by atoms with Gasteiger partial charge in [-0.05, 0) is 68.0 Å². The Bertz CT molecular complexity index is 955. The SMILES string of the molecule is C=C(NCc1cccnc1)C1CCCN1C.C=CC/C(=C/N)NN.CC1(c2ccccc2F)CC1. The predicted molar refractivity (Wildman–Crippen MR) is 143 cm³/mol. The molecule has 1 aromatic heterocycles. The minimum absolute atomic E-state index is 0.0486. The number of hydrazine groups is 1. The number of nitrogens with zero attached hydrogens (tertiary/aromatic N) is 2. The maximum atomic E-state index is 13.1. The van der Waals surface area contributed by atoms with Crippen LogP contribution in [0, 0.1) is 5.82 Å². The van der Waals surface area contributed by atoms with Crippen molar-refractivity contribution in [3.8, 4) is 0 Å². The standard InChI is InChI=1S/C13H19N3.C10H11F.C5H11N3/c1-11(13-6-4-8-16(13)2)15-10-12-5-3-7-14-9-12;1-10(6-7-10)8-4-2-3-5-9(8)11;1-2-3-5(4-6)8-7/h3,5,7,9,13,15H,1,4,6,8,10H2,2H3;2-5H,6-7H2,1H3;2,4,8H,1,3,6-7H2/b;;5-4-. The summed E-state index contributed by atoms with van der Waals surface area (Å²) in [6.07, 6.45) is 12.3. The number of halogens is 1. The second kappa shape index (κ2) is 14.3. The van der Waals surface area contributed by atoms with Crippen LogP contribution in [0.2, 0.25) is 0 Å². The number of nitrogens with two attached hydrogens (primary N) is 2. The van der Waals surface area contributed by atoms with Crippen molar-refractivity contribution in [3.63, 3.8) is 0 Å². The number of hydrogen-bond acceptors (Lipinski definition) is 6. The Morgan fingerprint density at radius 1 is 1.29 bits per heavy atom. The minimum Gasteiger partial charge on any atom is -0.403 e. The summed E-state index contributed by atoms with van der Waals surface area (Å²) in [4.78, 5) is 6.45. The van der Waals surface area contributed by atoms with Crippen molar-refractivity contribution in [2.75, 3.05) is 13.6 Å². The van der Waals surface area contributed by atoms with Crippen molar-refractivity contribution in [2.45, 2.75) is 57.0 Å². The zero-order chi connectivity index (χ0) is 25.7. The van der Waals surface area contributed by atoms with Gasteiger partial charge in [0.05, 0.1) is 0 Å².